The van der Waals surface area contributed by atoms with Gasteiger partial charge >= 0.3 is 0 Å². The number of halogens is 1. The lowest BCUT2D eigenvalue weighted by atomic mass is 10.1. The van der Waals surface area contributed by atoms with Gasteiger partial charge in [-0.1, -0.05) is 18.2 Å². The molecule has 0 atom stereocenters. The molecule has 0 bridgehead atoms. The summed E-state index contributed by atoms with van der Waals surface area (Å²) in [5.74, 6) is -0.570. The van der Waals surface area contributed by atoms with Gasteiger partial charge in [-0.05, 0) is 43.2 Å². The summed E-state index contributed by atoms with van der Waals surface area (Å²) < 4.78 is 37.7. The molecular formula is C20H23FN2O3S. The monoisotopic (exact) mass is 390 g/mol. The number of hydrogen-bond acceptors (Lipinski definition) is 4. The van der Waals surface area contributed by atoms with Crippen LogP contribution < -0.4 is 4.90 Å². The van der Waals surface area contributed by atoms with Gasteiger partial charge in [-0.2, -0.15) is 0 Å². The number of aryl methyl sites for hydroxylation is 1. The van der Waals surface area contributed by atoms with Gasteiger partial charge in [0.25, 0.3) is 5.91 Å². The highest BCUT2D eigenvalue weighted by molar-refractivity contribution is 7.90. The Balaban J connectivity index is 1.75. The molecule has 0 unspecified atom stereocenters. The molecule has 5 nitrogen and oxygen atoms in total. The van der Waals surface area contributed by atoms with Crippen LogP contribution in [0.15, 0.2) is 47.4 Å². The van der Waals surface area contributed by atoms with E-state index in [0.29, 0.717) is 43.9 Å². The number of benzene rings is 2. The Morgan fingerprint density at radius 3 is 2.44 bits per heavy atom. The van der Waals surface area contributed by atoms with Gasteiger partial charge in [0.2, 0.25) is 0 Å². The number of nitrogens with zero attached hydrogens (tertiary/aromatic N) is 2. The van der Waals surface area contributed by atoms with Crippen LogP contribution in [0, 0.1) is 12.7 Å². The molecule has 1 aliphatic heterocycles. The van der Waals surface area contributed by atoms with E-state index in [1.807, 2.05) is 36.1 Å². The fraction of sp³-hybridized carbons (Fsp3) is 0.350. The minimum atomic E-state index is -3.45. The normalized spacial score (nSPS) is 15.5. The summed E-state index contributed by atoms with van der Waals surface area (Å²) >= 11 is 0. The van der Waals surface area contributed by atoms with E-state index in [-0.39, 0.29) is 10.8 Å². The molecule has 2 aromatic rings. The molecule has 144 valence electrons. The Labute approximate surface area is 159 Å². The molecule has 27 heavy (non-hydrogen) atoms. The molecule has 1 saturated heterocycles. The van der Waals surface area contributed by atoms with E-state index >= 15 is 0 Å². The van der Waals surface area contributed by atoms with Crippen LogP contribution in [-0.4, -0.2) is 51.7 Å². The fourth-order valence-electron chi connectivity index (χ4n) is 3.32. The van der Waals surface area contributed by atoms with E-state index in [0.717, 1.165) is 17.9 Å². The molecule has 1 heterocycles. The van der Waals surface area contributed by atoms with E-state index in [1.165, 1.54) is 12.1 Å². The smallest absolute Gasteiger partial charge is 0.254 e. The summed E-state index contributed by atoms with van der Waals surface area (Å²) in [4.78, 5) is 16.4. The Bertz CT molecular complexity index is 959. The lowest BCUT2D eigenvalue weighted by Gasteiger charge is -2.24. The first kappa shape index (κ1) is 19.4. The van der Waals surface area contributed by atoms with Crippen LogP contribution >= 0.6 is 0 Å². The van der Waals surface area contributed by atoms with Crippen LogP contribution in [0.1, 0.15) is 22.3 Å². The molecule has 0 saturated carbocycles. The first-order chi connectivity index (χ1) is 12.8. The van der Waals surface area contributed by atoms with Crippen molar-refractivity contribution in [1.82, 2.24) is 4.90 Å². The summed E-state index contributed by atoms with van der Waals surface area (Å²) in [5.41, 5.74) is 1.99. The van der Waals surface area contributed by atoms with E-state index in [1.54, 1.807) is 4.90 Å². The predicted molar refractivity (Wildman–Crippen MR) is 103 cm³/mol. The minimum absolute atomic E-state index is 0.0113. The summed E-state index contributed by atoms with van der Waals surface area (Å²) in [7, 11) is -3.45. The van der Waals surface area contributed by atoms with Crippen molar-refractivity contribution in [3.63, 3.8) is 0 Å². The third-order valence-corrected chi connectivity index (χ3v) is 5.96. The number of hydrogen-bond donors (Lipinski definition) is 0. The number of carbonyl (C=O) groups excluding carboxylic acids is 1. The van der Waals surface area contributed by atoms with E-state index < -0.39 is 15.7 Å². The maximum Gasteiger partial charge on any atom is 0.254 e. The maximum absolute atomic E-state index is 14.5. The highest BCUT2D eigenvalue weighted by atomic mass is 32.2. The SMILES string of the molecule is Cc1ccccc1C(=O)N1CCCN(c2ccc(S(C)(=O)=O)cc2F)CC1. The zero-order valence-electron chi connectivity index (χ0n) is 15.5. The van der Waals surface area contributed by atoms with Crippen molar-refractivity contribution >= 4 is 21.4 Å². The third-order valence-electron chi connectivity index (χ3n) is 4.85. The first-order valence-electron chi connectivity index (χ1n) is 8.87. The largest absolute Gasteiger partial charge is 0.367 e. The molecule has 0 radical (unpaired) electrons. The van der Waals surface area contributed by atoms with Gasteiger partial charge in [-0.15, -0.1) is 0 Å². The van der Waals surface area contributed by atoms with Crippen molar-refractivity contribution in [2.45, 2.75) is 18.2 Å². The van der Waals surface area contributed by atoms with Crippen LogP contribution in [0.25, 0.3) is 0 Å². The molecule has 0 spiro atoms. The lowest BCUT2D eigenvalue weighted by Crippen LogP contribution is -2.35. The molecule has 0 aliphatic carbocycles. The third kappa shape index (κ3) is 4.30. The Kier molecular flexibility index (Phi) is 5.51. The Morgan fingerprint density at radius 2 is 1.78 bits per heavy atom. The van der Waals surface area contributed by atoms with Gasteiger partial charge in [0.05, 0.1) is 10.6 Å². The lowest BCUT2D eigenvalue weighted by molar-refractivity contribution is 0.0766. The summed E-state index contributed by atoms with van der Waals surface area (Å²) in [6.45, 7) is 4.10. The molecule has 0 aromatic heterocycles. The van der Waals surface area contributed by atoms with E-state index in [2.05, 4.69) is 0 Å². The topological polar surface area (TPSA) is 57.7 Å². The van der Waals surface area contributed by atoms with E-state index in [4.69, 9.17) is 0 Å². The summed E-state index contributed by atoms with van der Waals surface area (Å²) in [6, 6.07) is 11.5. The molecule has 7 heteroatoms. The number of amides is 1. The minimum Gasteiger partial charge on any atom is -0.367 e. The maximum atomic E-state index is 14.5. The van der Waals surface area contributed by atoms with Crippen LogP contribution in [0.3, 0.4) is 0 Å². The highest BCUT2D eigenvalue weighted by Gasteiger charge is 2.23. The summed E-state index contributed by atoms with van der Waals surface area (Å²) in [6.07, 6.45) is 1.77. The Hall–Kier alpha value is -2.41. The molecule has 2 aromatic carbocycles. The number of sulfone groups is 1. The van der Waals surface area contributed by atoms with Crippen LogP contribution in [-0.2, 0) is 9.84 Å². The molecule has 0 N–H and O–H groups in total. The van der Waals surface area contributed by atoms with Crippen LogP contribution in [0.2, 0.25) is 0 Å². The average molecular weight is 390 g/mol. The second-order valence-corrected chi connectivity index (χ2v) is 8.85. The fourth-order valence-corrected chi connectivity index (χ4v) is 3.95. The second kappa shape index (κ2) is 7.68. The molecule has 1 aliphatic rings. The van der Waals surface area contributed by atoms with Gasteiger partial charge in [0.15, 0.2) is 9.84 Å². The average Bonchev–Trinajstić information content (AvgIpc) is 2.87. The van der Waals surface area contributed by atoms with Crippen LogP contribution in [0.4, 0.5) is 10.1 Å². The van der Waals surface area contributed by atoms with E-state index in [9.17, 15) is 17.6 Å². The first-order valence-corrected chi connectivity index (χ1v) is 10.8. The molecule has 1 fully saturated rings. The molecule has 3 rings (SSSR count). The van der Waals surface area contributed by atoms with Gasteiger partial charge < -0.3 is 9.80 Å². The van der Waals surface area contributed by atoms with Crippen molar-refractivity contribution in [1.29, 1.82) is 0 Å². The van der Waals surface area contributed by atoms with Gasteiger partial charge in [0.1, 0.15) is 5.82 Å². The second-order valence-electron chi connectivity index (χ2n) is 6.83. The van der Waals surface area contributed by atoms with Crippen molar-refractivity contribution in [3.05, 3.63) is 59.4 Å². The number of carbonyl (C=O) groups is 1. The number of rotatable bonds is 3. The quantitative estimate of drug-likeness (QED) is 0.809. The van der Waals surface area contributed by atoms with Crippen molar-refractivity contribution < 1.29 is 17.6 Å². The van der Waals surface area contributed by atoms with Gasteiger partial charge in [-0.25, -0.2) is 12.8 Å². The zero-order valence-corrected chi connectivity index (χ0v) is 16.3. The van der Waals surface area contributed by atoms with Crippen molar-refractivity contribution in [2.24, 2.45) is 0 Å². The number of anilines is 1. The van der Waals surface area contributed by atoms with Crippen LogP contribution in [0.5, 0.6) is 0 Å². The van der Waals surface area contributed by atoms with Crippen molar-refractivity contribution in [3.8, 4) is 0 Å². The van der Waals surface area contributed by atoms with Crippen molar-refractivity contribution in [2.75, 3.05) is 37.3 Å². The predicted octanol–water partition coefficient (Wildman–Crippen LogP) is 2.89. The standard InChI is InChI=1S/C20H23FN2O3S/c1-15-6-3-4-7-17(15)20(24)23-11-5-10-22(12-13-23)19-9-8-16(14-18(19)21)27(2,25)26/h3-4,6-9,14H,5,10-13H2,1-2H3. The molecular weight excluding hydrogens is 367 g/mol. The Morgan fingerprint density at radius 1 is 1.04 bits per heavy atom. The van der Waals surface area contributed by atoms with Gasteiger partial charge in [-0.3, -0.25) is 4.79 Å². The zero-order chi connectivity index (χ0) is 19.6. The molecule has 1 amide bonds. The van der Waals surface area contributed by atoms with Gasteiger partial charge in [0, 0.05) is 38.0 Å². The summed E-state index contributed by atoms with van der Waals surface area (Å²) in [5, 5.41) is 0. The highest BCUT2D eigenvalue weighted by Crippen LogP contribution is 2.24.